The van der Waals surface area contributed by atoms with Crippen LogP contribution in [0.25, 0.3) is 0 Å². The van der Waals surface area contributed by atoms with Crippen LogP contribution in [0.4, 0.5) is 9.18 Å². The zero-order chi connectivity index (χ0) is 11.3. The first kappa shape index (κ1) is 11.5. The van der Waals surface area contributed by atoms with Gasteiger partial charge in [0.05, 0.1) is 4.91 Å². The average molecular weight is 225 g/mol. The van der Waals surface area contributed by atoms with Crippen LogP contribution in [-0.2, 0) is 4.79 Å². The third kappa shape index (κ3) is 3.95. The maximum atomic E-state index is 11.9. The zero-order valence-corrected chi connectivity index (χ0v) is 8.51. The van der Waals surface area contributed by atoms with Gasteiger partial charge in [0.15, 0.2) is 0 Å². The van der Waals surface area contributed by atoms with Crippen molar-refractivity contribution in [1.82, 2.24) is 5.32 Å². The lowest BCUT2D eigenvalue weighted by Crippen LogP contribution is -2.17. The molecule has 0 unspecified atom stereocenters. The highest BCUT2D eigenvalue weighted by Gasteiger charge is 2.22. The van der Waals surface area contributed by atoms with Crippen LogP contribution in [0, 0.1) is 5.82 Å². The highest BCUT2D eigenvalue weighted by Crippen LogP contribution is 2.19. The van der Waals surface area contributed by atoms with E-state index in [2.05, 4.69) is 11.9 Å². The number of benzene rings is 1. The number of imide groups is 1. The first-order valence-corrected chi connectivity index (χ1v) is 4.84. The lowest BCUT2D eigenvalue weighted by molar-refractivity contribution is -0.115. The van der Waals surface area contributed by atoms with E-state index >= 15 is 0 Å². The summed E-state index contributed by atoms with van der Waals surface area (Å²) in [5.41, 5.74) is 0. The maximum absolute atomic E-state index is 11.9. The molecule has 0 saturated carbocycles. The molecule has 5 heteroatoms. The maximum Gasteiger partial charge on any atom is 0.290 e. The van der Waals surface area contributed by atoms with Crippen LogP contribution in [0.5, 0.6) is 0 Å². The van der Waals surface area contributed by atoms with Crippen LogP contribution in [-0.4, -0.2) is 11.1 Å². The van der Waals surface area contributed by atoms with Gasteiger partial charge in [0.1, 0.15) is 5.82 Å². The lowest BCUT2D eigenvalue weighted by Gasteiger charge is -1.78. The van der Waals surface area contributed by atoms with Crippen LogP contribution in [0.15, 0.2) is 41.8 Å². The number of carbonyl (C=O) groups excluding carboxylic acids is 2. The third-order valence-corrected chi connectivity index (χ3v) is 2.14. The molecule has 1 aromatic rings. The molecule has 0 spiro atoms. The van der Waals surface area contributed by atoms with Gasteiger partial charge in [0, 0.05) is 0 Å². The molecule has 2 amide bonds. The molecule has 0 bridgehead atoms. The van der Waals surface area contributed by atoms with Gasteiger partial charge in [-0.2, -0.15) is 0 Å². The Bertz CT molecular complexity index is 374. The van der Waals surface area contributed by atoms with E-state index in [-0.39, 0.29) is 21.9 Å². The van der Waals surface area contributed by atoms with Gasteiger partial charge in [-0.05, 0) is 23.9 Å². The number of nitrogens with one attached hydrogen (secondary N) is 1. The predicted molar refractivity (Wildman–Crippen MR) is 56.7 cm³/mol. The molecular formula is C10H8FNO2S. The summed E-state index contributed by atoms with van der Waals surface area (Å²) < 4.78 is 11.9. The van der Waals surface area contributed by atoms with Crippen molar-refractivity contribution in [3.8, 4) is 0 Å². The van der Waals surface area contributed by atoms with E-state index in [1.54, 1.807) is 18.2 Å². The number of halogens is 1. The van der Waals surface area contributed by atoms with Gasteiger partial charge in [0.25, 0.3) is 11.1 Å². The second-order valence-corrected chi connectivity index (χ2v) is 3.63. The molecule has 78 valence electrons. The summed E-state index contributed by atoms with van der Waals surface area (Å²) in [7, 11) is 0. The normalized spacial score (nSPS) is 14.3. The Kier molecular flexibility index (Phi) is 4.05. The Balaban J connectivity index is 0.000000151. The van der Waals surface area contributed by atoms with Crippen LogP contribution in [0.1, 0.15) is 0 Å². The number of carbonyl (C=O) groups is 2. The molecule has 1 aliphatic rings. The van der Waals surface area contributed by atoms with Gasteiger partial charge < -0.3 is 0 Å². The number of hydrogen-bond acceptors (Lipinski definition) is 3. The van der Waals surface area contributed by atoms with Crippen molar-refractivity contribution in [3.05, 3.63) is 47.6 Å². The van der Waals surface area contributed by atoms with Crippen molar-refractivity contribution in [2.75, 3.05) is 0 Å². The van der Waals surface area contributed by atoms with Crippen molar-refractivity contribution in [3.63, 3.8) is 0 Å². The van der Waals surface area contributed by atoms with Crippen molar-refractivity contribution in [2.45, 2.75) is 0 Å². The first-order chi connectivity index (χ1) is 7.09. The van der Waals surface area contributed by atoms with Crippen LogP contribution in [0.3, 0.4) is 0 Å². The standard InChI is InChI=1S/C6H5F.C4H3NO2S/c7-6-4-2-1-3-5-6;1-2-3(6)5-4(7)8-2/h1-5H;1H2,(H,5,6,7). The van der Waals surface area contributed by atoms with E-state index in [1.165, 1.54) is 12.1 Å². The van der Waals surface area contributed by atoms with Crippen LogP contribution in [0.2, 0.25) is 0 Å². The van der Waals surface area contributed by atoms with E-state index in [9.17, 15) is 14.0 Å². The second-order valence-electron chi connectivity index (χ2n) is 2.56. The summed E-state index contributed by atoms with van der Waals surface area (Å²) in [6.45, 7) is 3.32. The van der Waals surface area contributed by atoms with Crippen molar-refractivity contribution >= 4 is 22.9 Å². The number of thioether (sulfide) groups is 1. The molecule has 3 nitrogen and oxygen atoms in total. The number of amides is 2. The molecule has 0 aliphatic carbocycles. The lowest BCUT2D eigenvalue weighted by atomic mass is 10.4. The van der Waals surface area contributed by atoms with Gasteiger partial charge >= 0.3 is 0 Å². The zero-order valence-electron chi connectivity index (χ0n) is 7.70. The van der Waals surface area contributed by atoms with Crippen molar-refractivity contribution in [1.29, 1.82) is 0 Å². The molecule has 1 fully saturated rings. The quantitative estimate of drug-likeness (QED) is 0.689. The third-order valence-electron chi connectivity index (χ3n) is 1.42. The molecule has 1 aromatic carbocycles. The fraction of sp³-hybridized carbons (Fsp3) is 0. The molecule has 2 rings (SSSR count). The molecule has 1 N–H and O–H groups in total. The highest BCUT2D eigenvalue weighted by atomic mass is 32.2. The molecule has 15 heavy (non-hydrogen) atoms. The molecule has 1 saturated heterocycles. The SMILES string of the molecule is C=C1SC(=O)NC1=O.Fc1ccccc1. The minimum absolute atomic E-state index is 0.178. The summed E-state index contributed by atoms with van der Waals surface area (Å²) in [6.07, 6.45) is 0. The van der Waals surface area contributed by atoms with E-state index in [0.717, 1.165) is 11.8 Å². The molecule has 1 heterocycles. The van der Waals surface area contributed by atoms with Gasteiger partial charge in [-0.25, -0.2) is 4.39 Å². The average Bonchev–Trinajstić information content (AvgIpc) is 2.46. The monoisotopic (exact) mass is 225 g/mol. The van der Waals surface area contributed by atoms with Crippen LogP contribution >= 0.6 is 11.8 Å². The van der Waals surface area contributed by atoms with Gasteiger partial charge in [-0.3, -0.25) is 14.9 Å². The van der Waals surface area contributed by atoms with Gasteiger partial charge in [0.2, 0.25) is 0 Å². The minimum atomic E-state index is -0.375. The van der Waals surface area contributed by atoms with E-state index in [4.69, 9.17) is 0 Å². The fourth-order valence-corrected chi connectivity index (χ4v) is 1.27. The fourth-order valence-electron chi connectivity index (χ4n) is 0.761. The Morgan fingerprint density at radius 3 is 2.00 bits per heavy atom. The number of hydrogen-bond donors (Lipinski definition) is 1. The number of rotatable bonds is 0. The van der Waals surface area contributed by atoms with E-state index in [1.807, 2.05) is 0 Å². The highest BCUT2D eigenvalue weighted by molar-refractivity contribution is 8.18. The molecule has 0 aromatic heterocycles. The summed E-state index contributed by atoms with van der Waals surface area (Å²) in [4.78, 5) is 20.8. The van der Waals surface area contributed by atoms with Crippen LogP contribution < -0.4 is 5.32 Å². The smallest absolute Gasteiger partial charge is 0.282 e. The molecule has 0 radical (unpaired) electrons. The summed E-state index contributed by atoms with van der Waals surface area (Å²) in [6, 6.07) is 7.94. The Morgan fingerprint density at radius 2 is 1.80 bits per heavy atom. The largest absolute Gasteiger partial charge is 0.290 e. The minimum Gasteiger partial charge on any atom is -0.282 e. The predicted octanol–water partition coefficient (Wildman–Crippen LogP) is 2.31. The topological polar surface area (TPSA) is 46.2 Å². The van der Waals surface area contributed by atoms with E-state index < -0.39 is 0 Å². The second kappa shape index (κ2) is 5.31. The summed E-state index contributed by atoms with van der Waals surface area (Å²) in [5, 5.41) is 1.72. The molecular weight excluding hydrogens is 217 g/mol. The van der Waals surface area contributed by atoms with Crippen molar-refractivity contribution in [2.24, 2.45) is 0 Å². The van der Waals surface area contributed by atoms with Crippen molar-refractivity contribution < 1.29 is 14.0 Å². The van der Waals surface area contributed by atoms with E-state index in [0.29, 0.717) is 0 Å². The Morgan fingerprint density at radius 1 is 1.20 bits per heavy atom. The first-order valence-electron chi connectivity index (χ1n) is 4.02. The Hall–Kier alpha value is -1.62. The molecule has 0 atom stereocenters. The van der Waals surface area contributed by atoms with Gasteiger partial charge in [-0.1, -0.05) is 24.8 Å². The van der Waals surface area contributed by atoms with Gasteiger partial charge in [-0.15, -0.1) is 0 Å². The summed E-state index contributed by atoms with van der Waals surface area (Å²) in [5.74, 6) is -0.553. The molecule has 1 aliphatic heterocycles. The summed E-state index contributed by atoms with van der Waals surface area (Å²) >= 11 is 0.834. The Labute approximate surface area is 90.4 Å².